The van der Waals surface area contributed by atoms with Crippen LogP contribution in [0.5, 0.6) is 0 Å². The van der Waals surface area contributed by atoms with E-state index < -0.39 is 0 Å². The van der Waals surface area contributed by atoms with E-state index in [1.165, 1.54) is 0 Å². The number of hydrogen-bond acceptors (Lipinski definition) is 2. The monoisotopic (exact) mass is 228 g/mol. The van der Waals surface area contributed by atoms with Crippen LogP contribution in [-0.2, 0) is 0 Å². The quantitative estimate of drug-likeness (QED) is 0.704. The lowest BCUT2D eigenvalue weighted by molar-refractivity contribution is 0.111. The van der Waals surface area contributed by atoms with Gasteiger partial charge in [0.1, 0.15) is 11.3 Å². The molecule has 0 saturated heterocycles. The van der Waals surface area contributed by atoms with E-state index in [9.17, 15) is 4.79 Å². The highest BCUT2D eigenvalue weighted by atomic mass is 35.5. The maximum Gasteiger partial charge on any atom is 0.170 e. The van der Waals surface area contributed by atoms with Crippen molar-refractivity contribution in [1.29, 1.82) is 0 Å². The highest BCUT2D eigenvalue weighted by Gasteiger charge is 2.11. The van der Waals surface area contributed by atoms with Gasteiger partial charge in [-0.2, -0.15) is 0 Å². The van der Waals surface area contributed by atoms with Gasteiger partial charge in [-0.1, -0.05) is 23.2 Å². The van der Waals surface area contributed by atoms with Crippen molar-refractivity contribution >= 4 is 35.1 Å². The van der Waals surface area contributed by atoms with Crippen LogP contribution in [0.1, 0.15) is 16.1 Å². The molecule has 0 aliphatic carbocycles. The summed E-state index contributed by atoms with van der Waals surface area (Å²) >= 11 is 11.6. The second kappa shape index (κ2) is 3.26. The van der Waals surface area contributed by atoms with Gasteiger partial charge in [-0.3, -0.25) is 9.20 Å². The molecule has 0 bridgehead atoms. The number of carbonyl (C=O) groups is 1. The Morgan fingerprint density at radius 3 is 2.86 bits per heavy atom. The molecule has 2 heterocycles. The summed E-state index contributed by atoms with van der Waals surface area (Å²) in [7, 11) is 0. The summed E-state index contributed by atoms with van der Waals surface area (Å²) in [6.07, 6.45) is 2.28. The second-order valence-electron chi connectivity index (χ2n) is 2.94. The van der Waals surface area contributed by atoms with E-state index >= 15 is 0 Å². The third kappa shape index (κ3) is 1.29. The first-order valence-electron chi connectivity index (χ1n) is 3.92. The minimum Gasteiger partial charge on any atom is -0.296 e. The molecule has 14 heavy (non-hydrogen) atoms. The van der Waals surface area contributed by atoms with Gasteiger partial charge in [0.15, 0.2) is 11.4 Å². The number of fused-ring (bicyclic) bond motifs is 1. The molecule has 2 rings (SSSR count). The second-order valence-corrected chi connectivity index (χ2v) is 3.74. The minimum absolute atomic E-state index is 0.199. The first kappa shape index (κ1) is 9.49. The number of pyridine rings is 1. The summed E-state index contributed by atoms with van der Waals surface area (Å²) in [6, 6.07) is 1.77. The standard InChI is InChI=1S/C9H6Cl2N2O/c1-5-2-6(10)3-13-7(4-14)8(11)12-9(5)13/h2-4H,1H3. The van der Waals surface area contributed by atoms with Gasteiger partial charge in [0.05, 0.1) is 5.02 Å². The van der Waals surface area contributed by atoms with Crippen LogP contribution < -0.4 is 0 Å². The lowest BCUT2D eigenvalue weighted by Crippen LogP contribution is -1.92. The molecule has 0 aromatic carbocycles. The van der Waals surface area contributed by atoms with Crippen molar-refractivity contribution in [2.75, 3.05) is 0 Å². The molecule has 0 aliphatic heterocycles. The predicted molar refractivity (Wildman–Crippen MR) is 55.3 cm³/mol. The molecule has 0 fully saturated rings. The highest BCUT2D eigenvalue weighted by Crippen LogP contribution is 2.21. The molecule has 2 aromatic rings. The first-order chi connectivity index (χ1) is 6.63. The van der Waals surface area contributed by atoms with Crippen LogP contribution in [0.4, 0.5) is 0 Å². The largest absolute Gasteiger partial charge is 0.296 e. The van der Waals surface area contributed by atoms with Gasteiger partial charge in [0, 0.05) is 6.20 Å². The molecule has 0 spiro atoms. The summed E-state index contributed by atoms with van der Waals surface area (Å²) in [5, 5.41) is 0.748. The molecule has 0 radical (unpaired) electrons. The fourth-order valence-electron chi connectivity index (χ4n) is 1.36. The van der Waals surface area contributed by atoms with Crippen LogP contribution in [0.3, 0.4) is 0 Å². The smallest absolute Gasteiger partial charge is 0.170 e. The van der Waals surface area contributed by atoms with Gasteiger partial charge in [0.25, 0.3) is 0 Å². The zero-order valence-corrected chi connectivity index (χ0v) is 8.80. The summed E-state index contributed by atoms with van der Waals surface area (Å²) in [5.74, 6) is 0. The Bertz CT molecular complexity index is 519. The molecule has 2 aromatic heterocycles. The zero-order chi connectivity index (χ0) is 10.3. The SMILES string of the molecule is Cc1cc(Cl)cn2c(C=O)c(Cl)nc12. The molecule has 0 aliphatic rings. The first-order valence-corrected chi connectivity index (χ1v) is 4.68. The van der Waals surface area contributed by atoms with E-state index in [0.29, 0.717) is 22.6 Å². The molecule has 0 N–H and O–H groups in total. The van der Waals surface area contributed by atoms with E-state index in [0.717, 1.165) is 5.56 Å². The third-order valence-electron chi connectivity index (χ3n) is 1.97. The Balaban J connectivity index is 2.94. The van der Waals surface area contributed by atoms with E-state index in [-0.39, 0.29) is 5.15 Å². The summed E-state index contributed by atoms with van der Waals surface area (Å²) < 4.78 is 1.59. The number of carbonyl (C=O) groups excluding carboxylic acids is 1. The van der Waals surface area contributed by atoms with Gasteiger partial charge < -0.3 is 0 Å². The number of rotatable bonds is 1. The number of aromatic nitrogens is 2. The van der Waals surface area contributed by atoms with Crippen LogP contribution in [0, 0.1) is 6.92 Å². The number of hydrogen-bond donors (Lipinski definition) is 0. The summed E-state index contributed by atoms with van der Waals surface area (Å²) in [5.41, 5.74) is 1.86. The molecule has 0 saturated carbocycles. The van der Waals surface area contributed by atoms with Gasteiger partial charge >= 0.3 is 0 Å². The van der Waals surface area contributed by atoms with Crippen molar-refractivity contribution in [1.82, 2.24) is 9.38 Å². The number of halogens is 2. The average molecular weight is 229 g/mol. The Morgan fingerprint density at radius 1 is 1.50 bits per heavy atom. The minimum atomic E-state index is 0.199. The van der Waals surface area contributed by atoms with Crippen LogP contribution in [0.15, 0.2) is 12.3 Å². The Labute approximate surface area is 90.3 Å². The van der Waals surface area contributed by atoms with Crippen molar-refractivity contribution in [2.24, 2.45) is 0 Å². The van der Waals surface area contributed by atoms with Gasteiger partial charge in [-0.25, -0.2) is 4.98 Å². The Kier molecular flexibility index (Phi) is 2.21. The lowest BCUT2D eigenvalue weighted by atomic mass is 10.3. The van der Waals surface area contributed by atoms with Crippen molar-refractivity contribution in [3.63, 3.8) is 0 Å². The molecule has 0 atom stereocenters. The van der Waals surface area contributed by atoms with E-state index in [2.05, 4.69) is 4.98 Å². The summed E-state index contributed by atoms with van der Waals surface area (Å²) in [4.78, 5) is 14.8. The maximum absolute atomic E-state index is 10.7. The zero-order valence-electron chi connectivity index (χ0n) is 7.29. The van der Waals surface area contributed by atoms with Crippen molar-refractivity contribution in [2.45, 2.75) is 6.92 Å². The molecular weight excluding hydrogens is 223 g/mol. The number of aryl methyl sites for hydroxylation is 1. The molecule has 3 nitrogen and oxygen atoms in total. The van der Waals surface area contributed by atoms with Crippen LogP contribution >= 0.6 is 23.2 Å². The fourth-order valence-corrected chi connectivity index (χ4v) is 1.84. The van der Waals surface area contributed by atoms with E-state index in [4.69, 9.17) is 23.2 Å². The average Bonchev–Trinajstić information content (AvgIpc) is 2.41. The highest BCUT2D eigenvalue weighted by molar-refractivity contribution is 6.32. The summed E-state index contributed by atoms with van der Waals surface area (Å²) in [6.45, 7) is 1.86. The molecule has 0 amide bonds. The van der Waals surface area contributed by atoms with Crippen LogP contribution in [0.2, 0.25) is 10.2 Å². The Hall–Kier alpha value is -1.06. The number of aldehydes is 1. The van der Waals surface area contributed by atoms with Crippen molar-refractivity contribution in [3.8, 4) is 0 Å². The van der Waals surface area contributed by atoms with E-state index in [1.807, 2.05) is 6.92 Å². The maximum atomic E-state index is 10.7. The number of imidazole rings is 1. The number of nitrogens with zero attached hydrogens (tertiary/aromatic N) is 2. The van der Waals surface area contributed by atoms with E-state index in [1.54, 1.807) is 16.7 Å². The third-order valence-corrected chi connectivity index (χ3v) is 2.46. The van der Waals surface area contributed by atoms with Crippen molar-refractivity contribution < 1.29 is 4.79 Å². The fraction of sp³-hybridized carbons (Fsp3) is 0.111. The normalized spacial score (nSPS) is 10.8. The molecule has 0 unspecified atom stereocenters. The van der Waals surface area contributed by atoms with Gasteiger partial charge in [-0.15, -0.1) is 0 Å². The van der Waals surface area contributed by atoms with Crippen LogP contribution in [0.25, 0.3) is 5.65 Å². The Morgan fingerprint density at radius 2 is 2.21 bits per heavy atom. The topological polar surface area (TPSA) is 34.4 Å². The van der Waals surface area contributed by atoms with Crippen molar-refractivity contribution in [3.05, 3.63) is 33.7 Å². The van der Waals surface area contributed by atoms with Gasteiger partial charge in [0.2, 0.25) is 0 Å². The predicted octanol–water partition coefficient (Wildman–Crippen LogP) is 2.76. The van der Waals surface area contributed by atoms with Gasteiger partial charge in [-0.05, 0) is 18.6 Å². The van der Waals surface area contributed by atoms with Crippen LogP contribution in [-0.4, -0.2) is 15.7 Å². The molecule has 5 heteroatoms. The molecule has 72 valence electrons. The lowest BCUT2D eigenvalue weighted by Gasteiger charge is -1.99. The molecular formula is C9H6Cl2N2O.